The van der Waals surface area contributed by atoms with E-state index in [0.717, 1.165) is 11.5 Å². The van der Waals surface area contributed by atoms with Gasteiger partial charge in [0.1, 0.15) is 24.8 Å². The predicted octanol–water partition coefficient (Wildman–Crippen LogP) is 1.81. The van der Waals surface area contributed by atoms with Crippen molar-refractivity contribution in [3.63, 3.8) is 0 Å². The molecule has 0 bridgehead atoms. The number of nitrogens with zero attached hydrogens (tertiary/aromatic N) is 8. The molecule has 1 aliphatic rings. The van der Waals surface area contributed by atoms with Crippen LogP contribution in [0.25, 0.3) is 11.5 Å². The summed E-state index contributed by atoms with van der Waals surface area (Å²) in [5.74, 6) is 1.54. The molecule has 0 N–H and O–H groups in total. The molecule has 1 aromatic carbocycles. The molecule has 4 aromatic rings. The first-order valence-electron chi connectivity index (χ1n) is 9.72. The molecule has 9 nitrogen and oxygen atoms in total. The Kier molecular flexibility index (Phi) is 4.68. The van der Waals surface area contributed by atoms with Gasteiger partial charge in [-0.25, -0.2) is 19.6 Å². The molecule has 0 saturated carbocycles. The fourth-order valence-electron chi connectivity index (χ4n) is 3.57. The molecule has 3 aromatic heterocycles. The van der Waals surface area contributed by atoms with Crippen LogP contribution >= 0.6 is 0 Å². The minimum Gasteiger partial charge on any atom is -0.353 e. The zero-order valence-corrected chi connectivity index (χ0v) is 16.2. The fourth-order valence-corrected chi connectivity index (χ4v) is 3.57. The van der Waals surface area contributed by atoms with Gasteiger partial charge in [0.15, 0.2) is 5.82 Å². The predicted molar refractivity (Wildman–Crippen MR) is 111 cm³/mol. The maximum atomic E-state index is 12.9. The van der Waals surface area contributed by atoms with E-state index in [4.69, 9.17) is 0 Å². The molecule has 0 atom stereocenters. The van der Waals surface area contributed by atoms with E-state index in [1.165, 1.54) is 12.7 Å². The van der Waals surface area contributed by atoms with Gasteiger partial charge in [0, 0.05) is 55.9 Å². The molecule has 5 rings (SSSR count). The number of carbonyl (C=O) groups is 1. The number of amides is 1. The molecule has 0 unspecified atom stereocenters. The van der Waals surface area contributed by atoms with Gasteiger partial charge in [0.2, 0.25) is 0 Å². The number of hydrogen-bond donors (Lipinski definition) is 0. The van der Waals surface area contributed by atoms with E-state index in [2.05, 4.69) is 25.0 Å². The SMILES string of the molecule is O=C(c1ccc(-n2cccc2)cc1)N1CCN(c2cc(-n3cncn3)ncn2)CC1. The first-order valence-corrected chi connectivity index (χ1v) is 9.72. The second-order valence-electron chi connectivity index (χ2n) is 6.99. The van der Waals surface area contributed by atoms with Crippen molar-refractivity contribution in [2.24, 2.45) is 0 Å². The van der Waals surface area contributed by atoms with E-state index in [0.29, 0.717) is 37.6 Å². The van der Waals surface area contributed by atoms with Crippen molar-refractivity contribution in [2.75, 3.05) is 31.1 Å². The van der Waals surface area contributed by atoms with Crippen LogP contribution in [0.5, 0.6) is 0 Å². The molecule has 0 spiro atoms. The zero-order chi connectivity index (χ0) is 20.3. The monoisotopic (exact) mass is 400 g/mol. The van der Waals surface area contributed by atoms with E-state index in [1.54, 1.807) is 11.0 Å². The molecule has 0 radical (unpaired) electrons. The quantitative estimate of drug-likeness (QED) is 0.519. The lowest BCUT2D eigenvalue weighted by Gasteiger charge is -2.35. The van der Waals surface area contributed by atoms with Crippen molar-refractivity contribution in [1.82, 2.24) is 34.2 Å². The van der Waals surface area contributed by atoms with Gasteiger partial charge in [-0.3, -0.25) is 4.79 Å². The summed E-state index contributed by atoms with van der Waals surface area (Å²) in [4.78, 5) is 29.5. The third-order valence-corrected chi connectivity index (χ3v) is 5.20. The molecule has 9 heteroatoms. The van der Waals surface area contributed by atoms with Gasteiger partial charge in [-0.2, -0.15) is 5.10 Å². The van der Waals surface area contributed by atoms with Gasteiger partial charge >= 0.3 is 0 Å². The highest BCUT2D eigenvalue weighted by atomic mass is 16.2. The average molecular weight is 400 g/mol. The maximum absolute atomic E-state index is 12.9. The second-order valence-corrected chi connectivity index (χ2v) is 6.99. The Labute approximate surface area is 173 Å². The number of aromatic nitrogens is 6. The van der Waals surface area contributed by atoms with Crippen LogP contribution in [-0.2, 0) is 0 Å². The van der Waals surface area contributed by atoms with Crippen LogP contribution in [0.4, 0.5) is 5.82 Å². The number of rotatable bonds is 4. The van der Waals surface area contributed by atoms with Crippen molar-refractivity contribution in [3.05, 3.63) is 79.4 Å². The average Bonchev–Trinajstić information content (AvgIpc) is 3.54. The number of piperazine rings is 1. The Balaban J connectivity index is 1.24. The summed E-state index contributed by atoms with van der Waals surface area (Å²) in [7, 11) is 0. The van der Waals surface area contributed by atoms with Crippen molar-refractivity contribution < 1.29 is 4.79 Å². The van der Waals surface area contributed by atoms with Gasteiger partial charge in [0.25, 0.3) is 5.91 Å². The number of hydrogen-bond acceptors (Lipinski definition) is 6. The molecule has 4 heterocycles. The fraction of sp³-hybridized carbons (Fsp3) is 0.190. The largest absolute Gasteiger partial charge is 0.353 e. The molecule has 1 amide bonds. The van der Waals surface area contributed by atoms with E-state index < -0.39 is 0 Å². The van der Waals surface area contributed by atoms with Crippen LogP contribution in [0.2, 0.25) is 0 Å². The summed E-state index contributed by atoms with van der Waals surface area (Å²) >= 11 is 0. The minimum absolute atomic E-state index is 0.0553. The van der Waals surface area contributed by atoms with Crippen molar-refractivity contribution >= 4 is 11.7 Å². The maximum Gasteiger partial charge on any atom is 0.253 e. The number of benzene rings is 1. The number of carbonyl (C=O) groups excluding carboxylic acids is 1. The lowest BCUT2D eigenvalue weighted by atomic mass is 10.1. The third-order valence-electron chi connectivity index (χ3n) is 5.20. The Morgan fingerprint density at radius 3 is 2.30 bits per heavy atom. The molecule has 30 heavy (non-hydrogen) atoms. The highest BCUT2D eigenvalue weighted by Crippen LogP contribution is 2.17. The van der Waals surface area contributed by atoms with E-state index in [1.807, 2.05) is 64.3 Å². The Morgan fingerprint density at radius 2 is 1.60 bits per heavy atom. The molecule has 0 aliphatic carbocycles. The van der Waals surface area contributed by atoms with Crippen molar-refractivity contribution in [3.8, 4) is 11.5 Å². The van der Waals surface area contributed by atoms with Crippen molar-refractivity contribution in [2.45, 2.75) is 0 Å². The van der Waals surface area contributed by atoms with Crippen LogP contribution in [0, 0.1) is 0 Å². The molecule has 150 valence electrons. The minimum atomic E-state index is 0.0553. The summed E-state index contributed by atoms with van der Waals surface area (Å²) in [5.41, 5.74) is 1.74. The standard InChI is InChI=1S/C21H20N8O/c30-21(17-3-5-18(6-4-17)26-7-1-2-8-26)28-11-9-27(10-12-28)19-13-20(24-15-23-19)29-16-22-14-25-29/h1-8,13-16H,9-12H2. The van der Waals surface area contributed by atoms with Crippen LogP contribution < -0.4 is 4.90 Å². The molecule has 1 fully saturated rings. The van der Waals surface area contributed by atoms with Crippen LogP contribution in [0.15, 0.2) is 73.8 Å². The second kappa shape index (κ2) is 7.78. The van der Waals surface area contributed by atoms with Gasteiger partial charge < -0.3 is 14.4 Å². The normalized spacial score (nSPS) is 14.1. The number of anilines is 1. The Morgan fingerprint density at radius 1 is 0.867 bits per heavy atom. The van der Waals surface area contributed by atoms with Gasteiger partial charge in [0.05, 0.1) is 0 Å². The van der Waals surface area contributed by atoms with Crippen LogP contribution in [-0.4, -0.2) is 66.3 Å². The first kappa shape index (κ1) is 18.0. The lowest BCUT2D eigenvalue weighted by molar-refractivity contribution is 0.0746. The zero-order valence-electron chi connectivity index (χ0n) is 16.2. The smallest absolute Gasteiger partial charge is 0.253 e. The van der Waals surface area contributed by atoms with Crippen LogP contribution in [0.1, 0.15) is 10.4 Å². The van der Waals surface area contributed by atoms with E-state index in [-0.39, 0.29) is 5.91 Å². The molecular formula is C21H20N8O. The highest BCUT2D eigenvalue weighted by molar-refractivity contribution is 5.94. The summed E-state index contributed by atoms with van der Waals surface area (Å²) in [5, 5.41) is 4.11. The summed E-state index contributed by atoms with van der Waals surface area (Å²) in [6.45, 7) is 2.70. The summed E-state index contributed by atoms with van der Waals surface area (Å²) < 4.78 is 3.62. The van der Waals surface area contributed by atoms with Gasteiger partial charge in [-0.15, -0.1) is 0 Å². The van der Waals surface area contributed by atoms with Crippen molar-refractivity contribution in [1.29, 1.82) is 0 Å². The molecule has 1 aliphatic heterocycles. The highest BCUT2D eigenvalue weighted by Gasteiger charge is 2.23. The summed E-state index contributed by atoms with van der Waals surface area (Å²) in [6, 6.07) is 13.5. The lowest BCUT2D eigenvalue weighted by Crippen LogP contribution is -2.49. The Hall–Kier alpha value is -4.01. The van der Waals surface area contributed by atoms with E-state index in [9.17, 15) is 4.79 Å². The van der Waals surface area contributed by atoms with Gasteiger partial charge in [-0.1, -0.05) is 0 Å². The molecular weight excluding hydrogens is 380 g/mol. The molecule has 1 saturated heterocycles. The van der Waals surface area contributed by atoms with E-state index >= 15 is 0 Å². The topological polar surface area (TPSA) is 85.0 Å². The first-order chi connectivity index (χ1) is 14.8. The third kappa shape index (κ3) is 3.52. The van der Waals surface area contributed by atoms with Gasteiger partial charge in [-0.05, 0) is 36.4 Å². The Bertz CT molecular complexity index is 1110. The summed E-state index contributed by atoms with van der Waals surface area (Å²) in [6.07, 6.45) is 8.56. The van der Waals surface area contributed by atoms with Crippen LogP contribution in [0.3, 0.4) is 0 Å².